The summed E-state index contributed by atoms with van der Waals surface area (Å²) in [6.07, 6.45) is 7.14. The molecule has 2 N–H and O–H groups in total. The van der Waals surface area contributed by atoms with E-state index < -0.39 is 0 Å². The van der Waals surface area contributed by atoms with Crippen LogP contribution in [0, 0.1) is 5.92 Å². The molecule has 1 nitrogen and oxygen atoms in total. The molecular weight excluding hydrogens is 122 g/mol. The van der Waals surface area contributed by atoms with E-state index in [1.165, 1.54) is 0 Å². The van der Waals surface area contributed by atoms with E-state index in [0.717, 1.165) is 12.1 Å². The van der Waals surface area contributed by atoms with E-state index in [2.05, 4.69) is 26.8 Å². The van der Waals surface area contributed by atoms with Crippen molar-refractivity contribution in [1.82, 2.24) is 0 Å². The quantitative estimate of drug-likeness (QED) is 0.597. The van der Waals surface area contributed by atoms with E-state index in [-0.39, 0.29) is 0 Å². The van der Waals surface area contributed by atoms with Gasteiger partial charge in [-0.2, -0.15) is 0 Å². The van der Waals surface area contributed by atoms with Crippen molar-refractivity contribution in [2.24, 2.45) is 11.7 Å². The topological polar surface area (TPSA) is 26.0 Å². The fourth-order valence-electron chi connectivity index (χ4n) is 0.508. The van der Waals surface area contributed by atoms with Crippen molar-refractivity contribution in [3.05, 3.63) is 23.9 Å². The minimum atomic E-state index is 0.460. The molecule has 0 heterocycles. The van der Waals surface area contributed by atoms with E-state index >= 15 is 0 Å². The van der Waals surface area contributed by atoms with Gasteiger partial charge in [-0.15, -0.1) is 0 Å². The highest BCUT2D eigenvalue weighted by atomic mass is 14.6. The molecule has 0 atom stereocenters. The van der Waals surface area contributed by atoms with Crippen molar-refractivity contribution in [3.63, 3.8) is 0 Å². The molecule has 0 fully saturated rings. The predicted molar refractivity (Wildman–Crippen MR) is 46.5 cm³/mol. The summed E-state index contributed by atoms with van der Waals surface area (Å²) in [6, 6.07) is 0. The Bertz CT molecular complexity index is 132. The summed E-state index contributed by atoms with van der Waals surface area (Å²) in [5.74, 6) is 0.460. The van der Waals surface area contributed by atoms with E-state index in [1.54, 1.807) is 0 Å². The lowest BCUT2D eigenvalue weighted by Gasteiger charge is -2.01. The lowest BCUT2D eigenvalue weighted by molar-refractivity contribution is 0.757. The molecule has 0 rings (SSSR count). The summed E-state index contributed by atoms with van der Waals surface area (Å²) >= 11 is 0. The highest BCUT2D eigenvalue weighted by molar-refractivity contribution is 5.10. The Hall–Kier alpha value is -0.720. The number of allylic oxidation sites excluding steroid dienone is 4. The molecule has 0 aliphatic heterocycles. The largest absolute Gasteiger partial charge is 0.402 e. The zero-order valence-corrected chi connectivity index (χ0v) is 7.09. The number of hydrogen-bond acceptors (Lipinski definition) is 1. The summed E-state index contributed by atoms with van der Waals surface area (Å²) in [6.45, 7) is 6.28. The van der Waals surface area contributed by atoms with Crippen LogP contribution in [0.1, 0.15) is 27.2 Å². The zero-order chi connectivity index (χ0) is 7.98. The molecule has 0 unspecified atom stereocenters. The predicted octanol–water partition coefficient (Wildman–Crippen LogP) is 2.45. The summed E-state index contributed by atoms with van der Waals surface area (Å²) in [5.41, 5.74) is 6.62. The van der Waals surface area contributed by atoms with E-state index in [0.29, 0.717) is 5.92 Å². The first-order valence-electron chi connectivity index (χ1n) is 3.80. The third kappa shape index (κ3) is 4.19. The Labute approximate surface area is 63.6 Å². The van der Waals surface area contributed by atoms with Gasteiger partial charge in [0.05, 0.1) is 0 Å². The average Bonchev–Trinajstić information content (AvgIpc) is 1.88. The molecule has 0 bridgehead atoms. The number of nitrogens with two attached hydrogens (primary N) is 1. The van der Waals surface area contributed by atoms with Crippen molar-refractivity contribution in [2.45, 2.75) is 27.2 Å². The maximum absolute atomic E-state index is 5.67. The van der Waals surface area contributed by atoms with Gasteiger partial charge in [-0.25, -0.2) is 0 Å². The molecule has 0 spiro atoms. The molecule has 0 saturated heterocycles. The first-order chi connectivity index (χ1) is 4.68. The van der Waals surface area contributed by atoms with Crippen LogP contribution in [-0.4, -0.2) is 0 Å². The fraction of sp³-hybridized carbons (Fsp3) is 0.556. The Morgan fingerprint density at radius 2 is 2.10 bits per heavy atom. The minimum absolute atomic E-state index is 0.460. The minimum Gasteiger partial charge on any atom is -0.402 e. The third-order valence-corrected chi connectivity index (χ3v) is 1.33. The third-order valence-electron chi connectivity index (χ3n) is 1.33. The van der Waals surface area contributed by atoms with Crippen LogP contribution in [0.15, 0.2) is 23.9 Å². The van der Waals surface area contributed by atoms with Gasteiger partial charge in [0.1, 0.15) is 0 Å². The molecule has 0 aromatic rings. The fourth-order valence-corrected chi connectivity index (χ4v) is 0.508. The first-order valence-corrected chi connectivity index (χ1v) is 3.80. The standard InChI is InChI=1S/C9H17N/c1-4-5-6-7-9(10)8(2)3/h5-8H,4,10H2,1-3H3/b6-5-,9-7-. The number of rotatable bonds is 3. The van der Waals surface area contributed by atoms with Crippen LogP contribution in [-0.2, 0) is 0 Å². The van der Waals surface area contributed by atoms with E-state index in [4.69, 9.17) is 5.73 Å². The lowest BCUT2D eigenvalue weighted by Crippen LogP contribution is -2.03. The molecule has 0 aromatic heterocycles. The maximum Gasteiger partial charge on any atom is 0.0106 e. The van der Waals surface area contributed by atoms with Crippen LogP contribution >= 0.6 is 0 Å². The monoisotopic (exact) mass is 139 g/mol. The van der Waals surface area contributed by atoms with Crippen LogP contribution in [0.25, 0.3) is 0 Å². The Balaban J connectivity index is 3.79. The van der Waals surface area contributed by atoms with E-state index in [1.807, 2.05) is 12.2 Å². The highest BCUT2D eigenvalue weighted by Gasteiger charge is 1.92. The summed E-state index contributed by atoms with van der Waals surface area (Å²) in [5, 5.41) is 0. The van der Waals surface area contributed by atoms with Gasteiger partial charge in [0, 0.05) is 5.70 Å². The second kappa shape index (κ2) is 5.10. The van der Waals surface area contributed by atoms with Crippen molar-refractivity contribution < 1.29 is 0 Å². The summed E-state index contributed by atoms with van der Waals surface area (Å²) in [4.78, 5) is 0. The molecule has 0 aromatic carbocycles. The molecule has 0 aliphatic rings. The van der Waals surface area contributed by atoms with Crippen LogP contribution in [0.4, 0.5) is 0 Å². The molecule has 58 valence electrons. The van der Waals surface area contributed by atoms with Gasteiger partial charge in [0.25, 0.3) is 0 Å². The molecule has 0 amide bonds. The zero-order valence-electron chi connectivity index (χ0n) is 7.09. The molecular formula is C9H17N. The molecule has 10 heavy (non-hydrogen) atoms. The van der Waals surface area contributed by atoms with Crippen molar-refractivity contribution in [3.8, 4) is 0 Å². The summed E-state index contributed by atoms with van der Waals surface area (Å²) < 4.78 is 0. The van der Waals surface area contributed by atoms with Crippen molar-refractivity contribution in [2.75, 3.05) is 0 Å². The van der Waals surface area contributed by atoms with Crippen LogP contribution in [0.2, 0.25) is 0 Å². The Morgan fingerprint density at radius 3 is 2.50 bits per heavy atom. The van der Waals surface area contributed by atoms with Gasteiger partial charge in [-0.1, -0.05) is 32.9 Å². The first kappa shape index (κ1) is 9.28. The highest BCUT2D eigenvalue weighted by Crippen LogP contribution is 2.01. The SMILES string of the molecule is CC/C=C\C=C(/N)C(C)C. The smallest absolute Gasteiger partial charge is 0.0106 e. The second-order valence-corrected chi connectivity index (χ2v) is 2.66. The molecule has 0 aliphatic carbocycles. The normalized spacial score (nSPS) is 13.4. The molecule has 0 saturated carbocycles. The Morgan fingerprint density at radius 1 is 1.50 bits per heavy atom. The average molecular weight is 139 g/mol. The maximum atomic E-state index is 5.67. The molecule has 0 radical (unpaired) electrons. The van der Waals surface area contributed by atoms with Gasteiger partial charge in [-0.05, 0) is 18.4 Å². The van der Waals surface area contributed by atoms with Gasteiger partial charge in [0.2, 0.25) is 0 Å². The number of hydrogen-bond donors (Lipinski definition) is 1. The molecule has 1 heteroatoms. The second-order valence-electron chi connectivity index (χ2n) is 2.66. The van der Waals surface area contributed by atoms with Gasteiger partial charge in [-0.3, -0.25) is 0 Å². The lowest BCUT2D eigenvalue weighted by atomic mass is 10.1. The Kier molecular flexibility index (Phi) is 4.73. The van der Waals surface area contributed by atoms with Crippen LogP contribution in [0.3, 0.4) is 0 Å². The van der Waals surface area contributed by atoms with Crippen LogP contribution in [0.5, 0.6) is 0 Å². The van der Waals surface area contributed by atoms with Crippen molar-refractivity contribution >= 4 is 0 Å². The summed E-state index contributed by atoms with van der Waals surface area (Å²) in [7, 11) is 0. The van der Waals surface area contributed by atoms with Crippen LogP contribution < -0.4 is 5.73 Å². The van der Waals surface area contributed by atoms with Gasteiger partial charge in [0.15, 0.2) is 0 Å². The van der Waals surface area contributed by atoms with Gasteiger partial charge >= 0.3 is 0 Å². The van der Waals surface area contributed by atoms with Crippen molar-refractivity contribution in [1.29, 1.82) is 0 Å². The van der Waals surface area contributed by atoms with E-state index in [9.17, 15) is 0 Å². The van der Waals surface area contributed by atoms with Gasteiger partial charge < -0.3 is 5.73 Å².